The van der Waals surface area contributed by atoms with E-state index in [0.717, 1.165) is 35.7 Å². The van der Waals surface area contributed by atoms with E-state index in [4.69, 9.17) is 10.5 Å². The summed E-state index contributed by atoms with van der Waals surface area (Å²) >= 11 is 0. The lowest BCUT2D eigenvalue weighted by atomic mass is 9.77. The zero-order chi connectivity index (χ0) is 31.7. The van der Waals surface area contributed by atoms with Crippen LogP contribution in [-0.4, -0.2) is 46.6 Å². The van der Waals surface area contributed by atoms with E-state index in [1.807, 2.05) is 63.5 Å². The first-order valence-corrected chi connectivity index (χ1v) is 13.7. The van der Waals surface area contributed by atoms with Crippen molar-refractivity contribution in [1.29, 1.82) is 0 Å². The highest BCUT2D eigenvalue weighted by Gasteiger charge is 2.30. The molecule has 8 heteroatoms. The maximum absolute atomic E-state index is 14.0. The second-order valence-electron chi connectivity index (χ2n) is 10.1. The third kappa shape index (κ3) is 11.5. The Balaban J connectivity index is 0.000000276. The monoisotopic (exact) mass is 585 g/mol. The summed E-state index contributed by atoms with van der Waals surface area (Å²) in [4.78, 5) is 32.3. The number of halogens is 1. The number of carbonyl (C=O) groups is 3. The first-order chi connectivity index (χ1) is 20.7. The fourth-order valence-corrected chi connectivity index (χ4v) is 4.40. The van der Waals surface area contributed by atoms with Gasteiger partial charge in [0.1, 0.15) is 18.9 Å². The van der Waals surface area contributed by atoms with Crippen molar-refractivity contribution in [1.82, 2.24) is 5.32 Å². The fraction of sp³-hybridized carbons (Fsp3) is 0.229. The molecule has 0 aromatic heterocycles. The summed E-state index contributed by atoms with van der Waals surface area (Å²) in [7, 11) is 5.08. The Hall–Kier alpha value is -4.82. The number of methoxy groups -OCH3 is 1. The number of hydrogen-bond acceptors (Lipinski definition) is 7. The first-order valence-electron chi connectivity index (χ1n) is 13.7. The smallest absolute Gasteiger partial charge is 0.165 e. The van der Waals surface area contributed by atoms with E-state index < -0.39 is 11.2 Å². The van der Waals surface area contributed by atoms with Gasteiger partial charge in [0.2, 0.25) is 0 Å². The van der Waals surface area contributed by atoms with E-state index in [1.165, 1.54) is 18.7 Å². The molecule has 0 bridgehead atoms. The molecule has 4 aromatic carbocycles. The molecule has 0 aliphatic rings. The molecule has 1 unspecified atom stereocenters. The largest absolute Gasteiger partial charge is 0.494 e. The molecule has 0 radical (unpaired) electrons. The maximum Gasteiger partial charge on any atom is 0.165 e. The zero-order valence-electron chi connectivity index (χ0n) is 25.1. The van der Waals surface area contributed by atoms with Gasteiger partial charge < -0.3 is 25.9 Å². The number of aryl methyl sites for hydroxylation is 1. The van der Waals surface area contributed by atoms with Gasteiger partial charge in [-0.05, 0) is 74.3 Å². The minimum Gasteiger partial charge on any atom is -0.494 e. The highest BCUT2D eigenvalue weighted by molar-refractivity contribution is 5.77. The molecule has 0 spiro atoms. The molecule has 0 fully saturated rings. The van der Waals surface area contributed by atoms with Crippen LogP contribution in [0.3, 0.4) is 0 Å². The lowest BCUT2D eigenvalue weighted by Gasteiger charge is -2.28. The molecule has 226 valence electrons. The third-order valence-corrected chi connectivity index (χ3v) is 6.59. The molecule has 43 heavy (non-hydrogen) atoms. The molecule has 0 amide bonds. The van der Waals surface area contributed by atoms with E-state index in [9.17, 15) is 18.8 Å². The summed E-state index contributed by atoms with van der Waals surface area (Å²) in [5.74, 6) is -0.197. The topological polar surface area (TPSA) is 111 Å². The Morgan fingerprint density at radius 3 is 1.93 bits per heavy atom. The molecule has 0 aliphatic carbocycles. The minimum absolute atomic E-state index is 0.211. The van der Waals surface area contributed by atoms with E-state index in [-0.39, 0.29) is 5.75 Å². The van der Waals surface area contributed by atoms with E-state index in [0.29, 0.717) is 36.2 Å². The van der Waals surface area contributed by atoms with Gasteiger partial charge in [-0.2, -0.15) is 0 Å². The van der Waals surface area contributed by atoms with E-state index in [1.54, 1.807) is 42.5 Å². The number of carbonyl (C=O) groups excluding carboxylic acids is 3. The SMILES string of the molecule is CNCC(C=O)(Cc1ccc(C)cc1)Cc1ccc(OC)c(F)c1.CNc1cccc(C=O)c1.Nc1cccc(C=O)c1. The lowest BCUT2D eigenvalue weighted by Crippen LogP contribution is -2.38. The number of nitrogens with one attached hydrogen (secondary N) is 2. The number of hydrogen-bond donors (Lipinski definition) is 3. The van der Waals surface area contributed by atoms with Crippen molar-refractivity contribution in [2.75, 3.05) is 38.8 Å². The van der Waals surface area contributed by atoms with Crippen LogP contribution in [0.2, 0.25) is 0 Å². The van der Waals surface area contributed by atoms with Crippen LogP contribution >= 0.6 is 0 Å². The van der Waals surface area contributed by atoms with Gasteiger partial charge in [-0.25, -0.2) is 4.39 Å². The Bertz CT molecular complexity index is 1460. The van der Waals surface area contributed by atoms with Crippen molar-refractivity contribution in [2.24, 2.45) is 5.41 Å². The van der Waals surface area contributed by atoms with Gasteiger partial charge in [0.05, 0.1) is 7.11 Å². The first kappa shape index (κ1) is 34.4. The third-order valence-electron chi connectivity index (χ3n) is 6.59. The summed E-state index contributed by atoms with van der Waals surface area (Å²) in [5.41, 5.74) is 10.7. The summed E-state index contributed by atoms with van der Waals surface area (Å²) in [6.45, 7) is 2.56. The molecule has 4 aromatic rings. The molecule has 0 saturated carbocycles. The number of rotatable bonds is 11. The standard InChI is InChI=1S/C20H24FNO2.C8H9NO.C7H7NO/c1-15-4-6-16(7-5-15)11-20(14-23,13-22-2)12-17-8-9-19(24-3)18(21)10-17;1-9-8-4-2-3-7(5-8)6-10;8-7-3-1-2-6(4-7)5-9/h4-10,14,22H,11-13H2,1-3H3;2-6,9H,1H3;1-5H,8H2. The second-order valence-corrected chi connectivity index (χ2v) is 10.1. The van der Waals surface area contributed by atoms with Crippen LogP contribution in [0.25, 0.3) is 0 Å². The molecular weight excluding hydrogens is 545 g/mol. The van der Waals surface area contributed by atoms with Gasteiger partial charge in [-0.1, -0.05) is 60.2 Å². The van der Waals surface area contributed by atoms with Crippen LogP contribution in [0.15, 0.2) is 91.0 Å². The van der Waals surface area contributed by atoms with Crippen molar-refractivity contribution in [3.05, 3.63) is 125 Å². The summed E-state index contributed by atoms with van der Waals surface area (Å²) in [6.07, 6.45) is 3.67. The Kier molecular flexibility index (Phi) is 14.3. The molecule has 4 rings (SSSR count). The second kappa shape index (κ2) is 17.9. The zero-order valence-corrected chi connectivity index (χ0v) is 25.1. The van der Waals surface area contributed by atoms with Crippen LogP contribution < -0.4 is 21.1 Å². The predicted octanol–water partition coefficient (Wildman–Crippen LogP) is 5.95. The van der Waals surface area contributed by atoms with E-state index in [2.05, 4.69) is 10.6 Å². The van der Waals surface area contributed by atoms with Crippen molar-refractivity contribution < 1.29 is 23.5 Å². The van der Waals surface area contributed by atoms with E-state index >= 15 is 0 Å². The molecule has 4 N–H and O–H groups in total. The average Bonchev–Trinajstić information content (AvgIpc) is 3.03. The van der Waals surface area contributed by atoms with Crippen molar-refractivity contribution in [3.63, 3.8) is 0 Å². The molecule has 0 aliphatic heterocycles. The molecule has 0 heterocycles. The highest BCUT2D eigenvalue weighted by Crippen LogP contribution is 2.28. The van der Waals surface area contributed by atoms with Crippen molar-refractivity contribution >= 4 is 30.2 Å². The molecule has 7 nitrogen and oxygen atoms in total. The number of anilines is 2. The average molecular weight is 586 g/mol. The number of aldehydes is 3. The van der Waals surface area contributed by atoms with Crippen LogP contribution in [-0.2, 0) is 17.6 Å². The fourth-order valence-electron chi connectivity index (χ4n) is 4.40. The van der Waals surface area contributed by atoms with Crippen molar-refractivity contribution in [2.45, 2.75) is 19.8 Å². The molecular formula is C35H40FN3O4. The molecule has 1 atom stereocenters. The minimum atomic E-state index is -0.620. The van der Waals surface area contributed by atoms with Crippen molar-refractivity contribution in [3.8, 4) is 5.75 Å². The Morgan fingerprint density at radius 1 is 0.814 bits per heavy atom. The van der Waals surface area contributed by atoms with Gasteiger partial charge in [0, 0.05) is 41.5 Å². The lowest BCUT2D eigenvalue weighted by molar-refractivity contribution is -0.116. The van der Waals surface area contributed by atoms with Gasteiger partial charge in [0.15, 0.2) is 11.6 Å². The van der Waals surface area contributed by atoms with Gasteiger partial charge in [-0.15, -0.1) is 0 Å². The van der Waals surface area contributed by atoms with Crippen LogP contribution in [0.5, 0.6) is 5.75 Å². The number of benzene rings is 4. The number of ether oxygens (including phenoxy) is 1. The number of nitrogens with two attached hydrogens (primary N) is 1. The summed E-state index contributed by atoms with van der Waals surface area (Å²) in [6, 6.07) is 27.2. The van der Waals surface area contributed by atoms with Gasteiger partial charge >= 0.3 is 0 Å². The van der Waals surface area contributed by atoms with Crippen LogP contribution in [0.1, 0.15) is 37.4 Å². The van der Waals surface area contributed by atoms with Crippen LogP contribution in [0, 0.1) is 18.2 Å². The Labute approximate surface area is 253 Å². The normalized spacial score (nSPS) is 11.4. The van der Waals surface area contributed by atoms with Crippen LogP contribution in [0.4, 0.5) is 15.8 Å². The summed E-state index contributed by atoms with van der Waals surface area (Å²) < 4.78 is 18.9. The van der Waals surface area contributed by atoms with Gasteiger partial charge in [0.25, 0.3) is 0 Å². The quantitative estimate of drug-likeness (QED) is 0.147. The maximum atomic E-state index is 14.0. The van der Waals surface area contributed by atoms with Gasteiger partial charge in [-0.3, -0.25) is 9.59 Å². The predicted molar refractivity (Wildman–Crippen MR) is 172 cm³/mol. The highest BCUT2D eigenvalue weighted by atomic mass is 19.1. The number of nitrogen functional groups attached to an aromatic ring is 1. The Morgan fingerprint density at radius 2 is 1.42 bits per heavy atom. The summed E-state index contributed by atoms with van der Waals surface area (Å²) in [5, 5.41) is 6.04. The molecule has 0 saturated heterocycles.